The molecular weight excluding hydrogens is 206 g/mol. The molecule has 1 saturated heterocycles. The molecule has 2 aromatic rings. The van der Waals surface area contributed by atoms with Crippen molar-refractivity contribution in [2.45, 2.75) is 12.5 Å². The minimum Gasteiger partial charge on any atom is -0.344 e. The molecule has 1 aliphatic heterocycles. The molecule has 2 N–H and O–H groups in total. The van der Waals surface area contributed by atoms with Crippen molar-refractivity contribution in [2.24, 2.45) is 5.73 Å². The topological polar surface area (TPSA) is 42.1 Å². The smallest absolute Gasteiger partial charge is 0.186 e. The van der Waals surface area contributed by atoms with E-state index in [4.69, 9.17) is 5.73 Å². The lowest BCUT2D eigenvalue weighted by atomic mass is 9.95. The number of benzene rings is 1. The summed E-state index contributed by atoms with van der Waals surface area (Å²) in [5.41, 5.74) is 7.04. The minimum atomic E-state index is -0.0299. The molecule has 0 saturated carbocycles. The normalized spacial score (nSPS) is 19.2. The number of anilines is 1. The van der Waals surface area contributed by atoms with Gasteiger partial charge in [0, 0.05) is 18.6 Å². The first-order valence-corrected chi connectivity index (χ1v) is 5.85. The Morgan fingerprint density at radius 1 is 1.40 bits per heavy atom. The second-order valence-electron chi connectivity index (χ2n) is 4.47. The van der Waals surface area contributed by atoms with Gasteiger partial charge in [-0.1, -0.05) is 23.5 Å². The zero-order chi connectivity index (χ0) is 10.5. The van der Waals surface area contributed by atoms with Gasteiger partial charge in [0.05, 0.1) is 10.2 Å². The third kappa shape index (κ3) is 1.50. The molecule has 0 radical (unpaired) electrons. The zero-order valence-corrected chi connectivity index (χ0v) is 9.42. The van der Waals surface area contributed by atoms with Crippen LogP contribution in [0.15, 0.2) is 24.3 Å². The van der Waals surface area contributed by atoms with Crippen molar-refractivity contribution in [3.8, 4) is 0 Å². The summed E-state index contributed by atoms with van der Waals surface area (Å²) in [6.45, 7) is 3.90. The first-order valence-electron chi connectivity index (χ1n) is 5.03. The molecule has 1 aliphatic rings. The number of aromatic nitrogens is 1. The summed E-state index contributed by atoms with van der Waals surface area (Å²) in [4.78, 5) is 6.83. The summed E-state index contributed by atoms with van der Waals surface area (Å²) in [7, 11) is 0. The summed E-state index contributed by atoms with van der Waals surface area (Å²) in [5, 5.41) is 1.10. The number of hydrogen-bond donors (Lipinski definition) is 1. The second-order valence-corrected chi connectivity index (χ2v) is 5.48. The number of fused-ring (bicyclic) bond motifs is 1. The van der Waals surface area contributed by atoms with Gasteiger partial charge in [-0.2, -0.15) is 0 Å². The number of nitrogens with two attached hydrogens (primary N) is 1. The maximum Gasteiger partial charge on any atom is 0.186 e. The molecular formula is C11H13N3S. The summed E-state index contributed by atoms with van der Waals surface area (Å²) < 4.78 is 1.25. The highest BCUT2D eigenvalue weighted by atomic mass is 32.1. The van der Waals surface area contributed by atoms with Crippen molar-refractivity contribution in [2.75, 3.05) is 18.0 Å². The Bertz CT molecular complexity index is 462. The largest absolute Gasteiger partial charge is 0.344 e. The molecule has 0 atom stereocenters. The van der Waals surface area contributed by atoms with Crippen LogP contribution in [0, 0.1) is 0 Å². The van der Waals surface area contributed by atoms with Crippen LogP contribution in [0.2, 0.25) is 0 Å². The van der Waals surface area contributed by atoms with Gasteiger partial charge in [0.25, 0.3) is 0 Å². The molecule has 0 aliphatic carbocycles. The zero-order valence-electron chi connectivity index (χ0n) is 8.60. The maximum absolute atomic E-state index is 5.98. The minimum absolute atomic E-state index is 0.0299. The highest BCUT2D eigenvalue weighted by molar-refractivity contribution is 7.22. The Morgan fingerprint density at radius 2 is 2.13 bits per heavy atom. The Labute approximate surface area is 92.5 Å². The molecule has 2 heterocycles. The van der Waals surface area contributed by atoms with Gasteiger partial charge in [-0.15, -0.1) is 0 Å². The van der Waals surface area contributed by atoms with Crippen LogP contribution in [0.1, 0.15) is 6.92 Å². The van der Waals surface area contributed by atoms with Gasteiger partial charge in [0.15, 0.2) is 5.13 Å². The van der Waals surface area contributed by atoms with Crippen molar-refractivity contribution in [3.05, 3.63) is 24.3 Å². The third-order valence-corrected chi connectivity index (χ3v) is 3.75. The van der Waals surface area contributed by atoms with Crippen LogP contribution in [-0.2, 0) is 0 Å². The molecule has 4 heteroatoms. The van der Waals surface area contributed by atoms with Gasteiger partial charge >= 0.3 is 0 Å². The average molecular weight is 219 g/mol. The molecule has 1 aromatic carbocycles. The first-order chi connectivity index (χ1) is 7.14. The fourth-order valence-electron chi connectivity index (χ4n) is 1.96. The van der Waals surface area contributed by atoms with E-state index in [1.54, 1.807) is 11.3 Å². The summed E-state index contributed by atoms with van der Waals surface area (Å²) >= 11 is 1.74. The maximum atomic E-state index is 5.98. The number of hydrogen-bond acceptors (Lipinski definition) is 4. The van der Waals surface area contributed by atoms with E-state index in [9.17, 15) is 0 Å². The molecule has 0 amide bonds. The Morgan fingerprint density at radius 3 is 2.80 bits per heavy atom. The molecule has 1 fully saturated rings. The highest BCUT2D eigenvalue weighted by Crippen LogP contribution is 2.33. The van der Waals surface area contributed by atoms with Crippen LogP contribution in [0.5, 0.6) is 0 Å². The van der Waals surface area contributed by atoms with E-state index in [0.29, 0.717) is 0 Å². The summed E-state index contributed by atoms with van der Waals surface area (Å²) in [6.07, 6.45) is 0. The van der Waals surface area contributed by atoms with Crippen LogP contribution in [0.4, 0.5) is 5.13 Å². The molecule has 3 nitrogen and oxygen atoms in total. The van der Waals surface area contributed by atoms with Crippen LogP contribution < -0.4 is 10.6 Å². The van der Waals surface area contributed by atoms with Gasteiger partial charge in [-0.3, -0.25) is 0 Å². The number of nitrogens with zero attached hydrogens (tertiary/aromatic N) is 2. The van der Waals surface area contributed by atoms with Gasteiger partial charge < -0.3 is 10.6 Å². The lowest BCUT2D eigenvalue weighted by molar-refractivity contribution is 0.365. The van der Waals surface area contributed by atoms with Crippen molar-refractivity contribution >= 4 is 26.7 Å². The monoisotopic (exact) mass is 219 g/mol. The van der Waals surface area contributed by atoms with E-state index in [-0.39, 0.29) is 5.54 Å². The lowest BCUT2D eigenvalue weighted by Crippen LogP contribution is -2.65. The van der Waals surface area contributed by atoms with Gasteiger partial charge in [-0.25, -0.2) is 4.98 Å². The van der Waals surface area contributed by atoms with E-state index in [0.717, 1.165) is 23.7 Å². The lowest BCUT2D eigenvalue weighted by Gasteiger charge is -2.45. The number of rotatable bonds is 1. The van der Waals surface area contributed by atoms with E-state index in [2.05, 4.69) is 28.9 Å². The Hall–Kier alpha value is -1.13. The van der Waals surface area contributed by atoms with Crippen LogP contribution in [-0.4, -0.2) is 23.6 Å². The van der Waals surface area contributed by atoms with Gasteiger partial charge in [-0.05, 0) is 19.1 Å². The standard InChI is InChI=1S/C11H13N3S/c1-11(12)6-14(7-11)10-13-8-4-2-3-5-9(8)15-10/h2-5H,6-7,12H2,1H3. The van der Waals surface area contributed by atoms with E-state index in [1.807, 2.05) is 12.1 Å². The van der Waals surface area contributed by atoms with E-state index >= 15 is 0 Å². The molecule has 0 bridgehead atoms. The molecule has 0 unspecified atom stereocenters. The average Bonchev–Trinajstić information content (AvgIpc) is 2.56. The number of thiazole rings is 1. The fraction of sp³-hybridized carbons (Fsp3) is 0.364. The third-order valence-electron chi connectivity index (χ3n) is 2.66. The first kappa shape index (κ1) is 9.12. The second kappa shape index (κ2) is 2.93. The predicted octanol–water partition coefficient (Wildman–Crippen LogP) is 1.83. The summed E-state index contributed by atoms with van der Waals surface area (Å²) in [6, 6.07) is 8.23. The SMILES string of the molecule is CC1(N)CN(c2nc3ccccc3s2)C1. The Kier molecular flexibility index (Phi) is 1.78. The molecule has 15 heavy (non-hydrogen) atoms. The predicted molar refractivity (Wildman–Crippen MR) is 64.4 cm³/mol. The molecule has 1 aromatic heterocycles. The molecule has 78 valence electrons. The van der Waals surface area contributed by atoms with Gasteiger partial charge in [0.2, 0.25) is 0 Å². The van der Waals surface area contributed by atoms with Crippen molar-refractivity contribution < 1.29 is 0 Å². The van der Waals surface area contributed by atoms with Crippen LogP contribution in [0.3, 0.4) is 0 Å². The summed E-state index contributed by atoms with van der Waals surface area (Å²) in [5.74, 6) is 0. The van der Waals surface area contributed by atoms with Gasteiger partial charge in [0.1, 0.15) is 0 Å². The van der Waals surface area contributed by atoms with E-state index < -0.39 is 0 Å². The van der Waals surface area contributed by atoms with Crippen molar-refractivity contribution in [3.63, 3.8) is 0 Å². The molecule has 0 spiro atoms. The van der Waals surface area contributed by atoms with Crippen LogP contribution in [0.25, 0.3) is 10.2 Å². The quantitative estimate of drug-likeness (QED) is 0.795. The van der Waals surface area contributed by atoms with E-state index in [1.165, 1.54) is 4.70 Å². The van der Waals surface area contributed by atoms with Crippen molar-refractivity contribution in [1.82, 2.24) is 4.98 Å². The van der Waals surface area contributed by atoms with Crippen molar-refractivity contribution in [1.29, 1.82) is 0 Å². The Balaban J connectivity index is 1.93. The fourth-order valence-corrected chi connectivity index (χ4v) is 2.92. The number of para-hydroxylation sites is 1. The van der Waals surface area contributed by atoms with Crippen LogP contribution >= 0.6 is 11.3 Å². The highest BCUT2D eigenvalue weighted by Gasteiger charge is 2.36. The molecule has 3 rings (SSSR count).